The lowest BCUT2D eigenvalue weighted by Gasteiger charge is -2.33. The monoisotopic (exact) mass is 643 g/mol. The van der Waals surface area contributed by atoms with Crippen molar-refractivity contribution in [3.8, 4) is 0 Å². The van der Waals surface area contributed by atoms with Crippen LogP contribution in [0.4, 0.5) is 5.69 Å². The second-order valence-corrected chi connectivity index (χ2v) is 12.8. The van der Waals surface area contributed by atoms with Crippen LogP contribution in [0.5, 0.6) is 0 Å². The Morgan fingerprint density at radius 3 is 2.12 bits per heavy atom. The Bertz CT molecular complexity index is 1470. The van der Waals surface area contributed by atoms with Gasteiger partial charge in [0.25, 0.3) is 10.0 Å². The molecule has 2 amide bonds. The maximum atomic E-state index is 14.0. The van der Waals surface area contributed by atoms with Gasteiger partial charge in [-0.2, -0.15) is 0 Å². The number of anilines is 1. The number of carbonyl (C=O) groups is 2. The SMILES string of the molecule is CCC(C(=O)NC(C)C)N(Cc1ccc(Cl)cc1Cl)C(=O)CN(c1ccc(Cl)c(Cl)c1)S(=O)(=O)c1ccccc1. The van der Waals surface area contributed by atoms with E-state index in [-0.39, 0.29) is 45.5 Å². The molecule has 0 aliphatic carbocycles. The van der Waals surface area contributed by atoms with E-state index in [1.807, 2.05) is 13.8 Å². The summed E-state index contributed by atoms with van der Waals surface area (Å²) in [6, 6.07) is 15.8. The normalized spacial score (nSPS) is 12.2. The van der Waals surface area contributed by atoms with Crippen LogP contribution in [0.15, 0.2) is 71.6 Å². The number of carbonyl (C=O) groups excluding carboxylic acids is 2. The van der Waals surface area contributed by atoms with Gasteiger partial charge in [0.05, 0.1) is 20.6 Å². The number of halogens is 4. The number of hydrogen-bond acceptors (Lipinski definition) is 4. The van der Waals surface area contributed by atoms with Crippen LogP contribution < -0.4 is 9.62 Å². The first kappa shape index (κ1) is 32.0. The summed E-state index contributed by atoms with van der Waals surface area (Å²) in [5.41, 5.74) is 0.679. The third kappa shape index (κ3) is 7.83. The molecular weight excluding hydrogens is 616 g/mol. The zero-order valence-corrected chi connectivity index (χ0v) is 25.9. The molecule has 7 nitrogen and oxygen atoms in total. The summed E-state index contributed by atoms with van der Waals surface area (Å²) in [5.74, 6) is -0.995. The second-order valence-electron chi connectivity index (χ2n) is 9.27. The average Bonchev–Trinajstić information content (AvgIpc) is 2.90. The van der Waals surface area contributed by atoms with Crippen molar-refractivity contribution >= 4 is 73.9 Å². The highest BCUT2D eigenvalue weighted by Crippen LogP contribution is 2.31. The van der Waals surface area contributed by atoms with E-state index in [2.05, 4.69) is 5.32 Å². The summed E-state index contributed by atoms with van der Waals surface area (Å²) in [6.45, 7) is 4.72. The molecule has 12 heteroatoms. The fourth-order valence-electron chi connectivity index (χ4n) is 4.02. The van der Waals surface area contributed by atoms with Gasteiger partial charge in [0.1, 0.15) is 12.6 Å². The highest BCUT2D eigenvalue weighted by molar-refractivity contribution is 7.92. The predicted octanol–water partition coefficient (Wildman–Crippen LogP) is 6.83. The van der Waals surface area contributed by atoms with Gasteiger partial charge in [-0.3, -0.25) is 13.9 Å². The Morgan fingerprint density at radius 1 is 0.875 bits per heavy atom. The average molecular weight is 645 g/mol. The lowest BCUT2D eigenvalue weighted by Crippen LogP contribution is -2.53. The fourth-order valence-corrected chi connectivity index (χ4v) is 6.21. The predicted molar refractivity (Wildman–Crippen MR) is 162 cm³/mol. The molecule has 0 heterocycles. The summed E-state index contributed by atoms with van der Waals surface area (Å²) < 4.78 is 28.6. The van der Waals surface area contributed by atoms with Crippen LogP contribution >= 0.6 is 46.4 Å². The summed E-state index contributed by atoms with van der Waals surface area (Å²) in [7, 11) is -4.23. The number of amides is 2. The van der Waals surface area contributed by atoms with Gasteiger partial charge in [0.15, 0.2) is 0 Å². The van der Waals surface area contributed by atoms with Crippen molar-refractivity contribution < 1.29 is 18.0 Å². The molecule has 0 fully saturated rings. The molecule has 40 heavy (non-hydrogen) atoms. The lowest BCUT2D eigenvalue weighted by molar-refractivity contribution is -0.140. The minimum absolute atomic E-state index is 0.0224. The number of nitrogens with one attached hydrogen (secondary N) is 1. The van der Waals surface area contributed by atoms with Gasteiger partial charge in [-0.05, 0) is 68.3 Å². The van der Waals surface area contributed by atoms with Crippen LogP contribution in [0, 0.1) is 0 Å². The standard InChI is InChI=1S/C28H29Cl4N3O4S/c1-4-26(28(37)33-18(2)3)34(16-19-10-11-20(29)14-24(19)31)27(36)17-35(21-12-13-23(30)25(32)15-21)40(38,39)22-8-6-5-7-9-22/h5-15,18,26H,4,16-17H2,1-3H3,(H,33,37). The number of nitrogens with zero attached hydrogens (tertiary/aromatic N) is 2. The number of hydrogen-bond donors (Lipinski definition) is 1. The Morgan fingerprint density at radius 2 is 1.55 bits per heavy atom. The molecule has 1 atom stereocenters. The van der Waals surface area contributed by atoms with Crippen molar-refractivity contribution in [3.63, 3.8) is 0 Å². The third-order valence-corrected chi connectivity index (χ3v) is 9.09. The first-order chi connectivity index (χ1) is 18.8. The van der Waals surface area contributed by atoms with Crippen molar-refractivity contribution in [3.05, 3.63) is 92.4 Å². The highest BCUT2D eigenvalue weighted by Gasteiger charge is 2.34. The van der Waals surface area contributed by atoms with E-state index < -0.39 is 28.5 Å². The zero-order chi connectivity index (χ0) is 29.6. The minimum atomic E-state index is -4.23. The van der Waals surface area contributed by atoms with Gasteiger partial charge >= 0.3 is 0 Å². The molecule has 214 valence electrons. The third-order valence-electron chi connectivity index (χ3n) is 5.97. The molecular formula is C28H29Cl4N3O4S. The van der Waals surface area contributed by atoms with Gasteiger partial charge in [-0.1, -0.05) is 77.6 Å². The molecule has 0 spiro atoms. The van der Waals surface area contributed by atoms with E-state index in [0.29, 0.717) is 15.6 Å². The molecule has 1 unspecified atom stereocenters. The number of sulfonamides is 1. The highest BCUT2D eigenvalue weighted by atomic mass is 35.5. The van der Waals surface area contributed by atoms with Gasteiger partial charge in [0, 0.05) is 22.6 Å². The smallest absolute Gasteiger partial charge is 0.264 e. The Balaban J connectivity index is 2.10. The van der Waals surface area contributed by atoms with E-state index >= 15 is 0 Å². The van der Waals surface area contributed by atoms with Crippen molar-refractivity contribution in [1.29, 1.82) is 0 Å². The van der Waals surface area contributed by atoms with Crippen molar-refractivity contribution in [2.45, 2.75) is 50.7 Å². The van der Waals surface area contributed by atoms with Crippen molar-refractivity contribution in [2.75, 3.05) is 10.8 Å². The maximum Gasteiger partial charge on any atom is 0.264 e. The van der Waals surface area contributed by atoms with Crippen LogP contribution in [0.25, 0.3) is 0 Å². The van der Waals surface area contributed by atoms with E-state index in [1.54, 1.807) is 37.3 Å². The number of benzene rings is 3. The summed E-state index contributed by atoms with van der Waals surface area (Å²) in [6.07, 6.45) is 0.272. The van der Waals surface area contributed by atoms with E-state index in [4.69, 9.17) is 46.4 Å². The van der Waals surface area contributed by atoms with Crippen LogP contribution in [-0.4, -0.2) is 43.8 Å². The maximum absolute atomic E-state index is 14.0. The quantitative estimate of drug-likeness (QED) is 0.248. The van der Waals surface area contributed by atoms with Crippen molar-refractivity contribution in [1.82, 2.24) is 10.2 Å². The first-order valence-electron chi connectivity index (χ1n) is 12.4. The number of rotatable bonds is 11. The molecule has 0 saturated heterocycles. The van der Waals surface area contributed by atoms with Crippen LogP contribution in [-0.2, 0) is 26.2 Å². The molecule has 0 saturated carbocycles. The molecule has 0 radical (unpaired) electrons. The summed E-state index contributed by atoms with van der Waals surface area (Å²) >= 11 is 24.8. The molecule has 1 N–H and O–H groups in total. The van der Waals surface area contributed by atoms with E-state index in [0.717, 1.165) is 4.31 Å². The van der Waals surface area contributed by atoms with Gasteiger partial charge in [-0.25, -0.2) is 8.42 Å². The lowest BCUT2D eigenvalue weighted by atomic mass is 10.1. The summed E-state index contributed by atoms with van der Waals surface area (Å²) in [5, 5.41) is 3.91. The van der Waals surface area contributed by atoms with E-state index in [9.17, 15) is 18.0 Å². The molecule has 0 aromatic heterocycles. The van der Waals surface area contributed by atoms with Crippen LogP contribution in [0.3, 0.4) is 0 Å². The Hall–Kier alpha value is -2.49. The first-order valence-corrected chi connectivity index (χ1v) is 15.4. The fraction of sp³-hybridized carbons (Fsp3) is 0.286. The molecule has 0 bridgehead atoms. The molecule has 0 aliphatic heterocycles. The van der Waals surface area contributed by atoms with E-state index in [1.165, 1.54) is 41.3 Å². The molecule has 3 aromatic carbocycles. The van der Waals surface area contributed by atoms with Gasteiger partial charge in [0.2, 0.25) is 11.8 Å². The zero-order valence-electron chi connectivity index (χ0n) is 22.1. The topological polar surface area (TPSA) is 86.8 Å². The van der Waals surface area contributed by atoms with Gasteiger partial charge < -0.3 is 10.2 Å². The minimum Gasteiger partial charge on any atom is -0.352 e. The van der Waals surface area contributed by atoms with Crippen LogP contribution in [0.2, 0.25) is 20.1 Å². The van der Waals surface area contributed by atoms with Crippen molar-refractivity contribution in [2.24, 2.45) is 0 Å². The Labute approximate surface area is 255 Å². The Kier molecular flexibility index (Phi) is 11.1. The van der Waals surface area contributed by atoms with Gasteiger partial charge in [-0.15, -0.1) is 0 Å². The van der Waals surface area contributed by atoms with Crippen LogP contribution in [0.1, 0.15) is 32.8 Å². The largest absolute Gasteiger partial charge is 0.352 e. The summed E-state index contributed by atoms with van der Waals surface area (Å²) in [4.78, 5) is 28.5. The molecule has 3 aromatic rings. The molecule has 0 aliphatic rings. The second kappa shape index (κ2) is 13.9. The molecule has 3 rings (SSSR count).